The highest BCUT2D eigenvalue weighted by atomic mass is 15.0. The Morgan fingerprint density at radius 3 is 2.89 bits per heavy atom. The molecule has 0 amide bonds. The Bertz CT molecular complexity index is 590. The van der Waals surface area contributed by atoms with Crippen molar-refractivity contribution in [3.05, 3.63) is 58.2 Å². The van der Waals surface area contributed by atoms with Crippen LogP contribution in [-0.2, 0) is 19.5 Å². The van der Waals surface area contributed by atoms with Crippen molar-refractivity contribution in [1.82, 2.24) is 15.3 Å². The fourth-order valence-electron chi connectivity index (χ4n) is 2.48. The normalized spacial score (nSPS) is 13.7. The van der Waals surface area contributed by atoms with Gasteiger partial charge in [0.15, 0.2) is 0 Å². The zero-order chi connectivity index (χ0) is 12.5. The molecule has 0 atom stereocenters. The number of hydrogen-bond donors (Lipinski definition) is 1. The summed E-state index contributed by atoms with van der Waals surface area (Å²) in [7, 11) is 0. The van der Waals surface area contributed by atoms with Gasteiger partial charge in [0.2, 0.25) is 0 Å². The van der Waals surface area contributed by atoms with Crippen LogP contribution in [0, 0.1) is 13.8 Å². The number of nitrogens with one attached hydrogen (secondary N) is 1. The van der Waals surface area contributed by atoms with Crippen molar-refractivity contribution in [2.45, 2.75) is 33.4 Å². The maximum atomic E-state index is 4.67. The minimum atomic E-state index is 0.815. The minimum Gasteiger partial charge on any atom is -0.307 e. The van der Waals surface area contributed by atoms with Gasteiger partial charge in [0, 0.05) is 30.8 Å². The number of nitrogens with zero attached hydrogens (tertiary/aromatic N) is 2. The first kappa shape index (κ1) is 11.4. The van der Waals surface area contributed by atoms with Crippen molar-refractivity contribution in [3.63, 3.8) is 0 Å². The fraction of sp³-hybridized carbons (Fsp3) is 0.333. The van der Waals surface area contributed by atoms with Gasteiger partial charge in [-0.05, 0) is 19.4 Å². The maximum absolute atomic E-state index is 4.67. The van der Waals surface area contributed by atoms with Crippen LogP contribution in [0.4, 0.5) is 0 Å². The van der Waals surface area contributed by atoms with Crippen molar-refractivity contribution in [2.24, 2.45) is 0 Å². The molecule has 0 radical (unpaired) electrons. The summed E-state index contributed by atoms with van der Waals surface area (Å²) in [6.45, 7) is 5.97. The van der Waals surface area contributed by atoms with Crippen molar-refractivity contribution in [3.8, 4) is 0 Å². The first-order valence-electron chi connectivity index (χ1n) is 6.34. The fourth-order valence-corrected chi connectivity index (χ4v) is 2.48. The molecule has 1 aromatic heterocycles. The highest BCUT2D eigenvalue weighted by molar-refractivity contribution is 5.30. The standard InChI is InChI=1S/C15H17N3/c1-10-4-3-5-12(6-10)7-15-17-11(2)13-8-16-9-14(13)18-15/h3-6,16H,7-9H2,1-2H3. The van der Waals surface area contributed by atoms with E-state index in [1.54, 1.807) is 0 Å². The third-order valence-electron chi connectivity index (χ3n) is 3.38. The first-order chi connectivity index (χ1) is 8.72. The molecule has 0 aliphatic carbocycles. The largest absolute Gasteiger partial charge is 0.307 e. The van der Waals surface area contributed by atoms with E-state index in [0.717, 1.165) is 31.0 Å². The van der Waals surface area contributed by atoms with E-state index < -0.39 is 0 Å². The number of rotatable bonds is 2. The summed E-state index contributed by atoms with van der Waals surface area (Å²) in [5.41, 5.74) is 6.13. The molecule has 1 aliphatic rings. The van der Waals surface area contributed by atoms with Gasteiger partial charge in [0.1, 0.15) is 5.82 Å². The molecule has 1 aliphatic heterocycles. The van der Waals surface area contributed by atoms with Gasteiger partial charge < -0.3 is 5.32 Å². The molecule has 2 aromatic rings. The van der Waals surface area contributed by atoms with Crippen molar-refractivity contribution in [1.29, 1.82) is 0 Å². The topological polar surface area (TPSA) is 37.8 Å². The van der Waals surface area contributed by atoms with Crippen LogP contribution in [-0.4, -0.2) is 9.97 Å². The van der Waals surface area contributed by atoms with E-state index in [1.807, 2.05) is 0 Å². The van der Waals surface area contributed by atoms with Gasteiger partial charge in [0.25, 0.3) is 0 Å². The van der Waals surface area contributed by atoms with Gasteiger partial charge in [0.05, 0.1) is 5.69 Å². The highest BCUT2D eigenvalue weighted by Gasteiger charge is 2.16. The molecule has 0 saturated heterocycles. The molecular formula is C15H17N3. The Morgan fingerprint density at radius 2 is 2.06 bits per heavy atom. The Labute approximate surface area is 107 Å². The molecule has 1 N–H and O–H groups in total. The lowest BCUT2D eigenvalue weighted by atomic mass is 10.1. The maximum Gasteiger partial charge on any atom is 0.133 e. The quantitative estimate of drug-likeness (QED) is 0.873. The molecule has 3 rings (SSSR count). The molecule has 2 heterocycles. The molecule has 3 nitrogen and oxygen atoms in total. The molecule has 92 valence electrons. The van der Waals surface area contributed by atoms with Gasteiger partial charge in [-0.3, -0.25) is 0 Å². The summed E-state index contributed by atoms with van der Waals surface area (Å²) < 4.78 is 0. The van der Waals surface area contributed by atoms with E-state index in [2.05, 4.69) is 53.4 Å². The zero-order valence-electron chi connectivity index (χ0n) is 10.8. The Kier molecular flexibility index (Phi) is 2.84. The first-order valence-corrected chi connectivity index (χ1v) is 6.34. The van der Waals surface area contributed by atoms with Gasteiger partial charge in [-0.2, -0.15) is 0 Å². The molecule has 0 unspecified atom stereocenters. The van der Waals surface area contributed by atoms with Gasteiger partial charge in [-0.15, -0.1) is 0 Å². The van der Waals surface area contributed by atoms with Crippen LogP contribution < -0.4 is 5.32 Å². The van der Waals surface area contributed by atoms with E-state index in [4.69, 9.17) is 0 Å². The number of aromatic nitrogens is 2. The lowest BCUT2D eigenvalue weighted by Gasteiger charge is -2.06. The van der Waals surface area contributed by atoms with Gasteiger partial charge >= 0.3 is 0 Å². The second kappa shape index (κ2) is 4.50. The third-order valence-corrected chi connectivity index (χ3v) is 3.38. The van der Waals surface area contributed by atoms with Gasteiger partial charge in [-0.1, -0.05) is 29.8 Å². The van der Waals surface area contributed by atoms with Crippen LogP contribution in [0.5, 0.6) is 0 Å². The summed E-state index contributed by atoms with van der Waals surface area (Å²) in [5, 5.41) is 3.33. The summed E-state index contributed by atoms with van der Waals surface area (Å²) >= 11 is 0. The Hall–Kier alpha value is -1.74. The molecule has 3 heteroatoms. The van der Waals surface area contributed by atoms with E-state index in [0.29, 0.717) is 0 Å². The predicted molar refractivity (Wildman–Crippen MR) is 71.3 cm³/mol. The average Bonchev–Trinajstić information content (AvgIpc) is 2.77. The Balaban J connectivity index is 1.92. The summed E-state index contributed by atoms with van der Waals surface area (Å²) in [4.78, 5) is 9.28. The molecule has 1 aromatic carbocycles. The monoisotopic (exact) mass is 239 g/mol. The summed E-state index contributed by atoms with van der Waals surface area (Å²) in [6.07, 6.45) is 0.815. The molecule has 18 heavy (non-hydrogen) atoms. The predicted octanol–water partition coefficient (Wildman–Crippen LogP) is 2.29. The lowest BCUT2D eigenvalue weighted by Crippen LogP contribution is -2.04. The molecule has 0 fully saturated rings. The van der Waals surface area contributed by atoms with Crippen LogP contribution in [0.25, 0.3) is 0 Å². The Morgan fingerprint density at radius 1 is 1.17 bits per heavy atom. The second-order valence-electron chi connectivity index (χ2n) is 4.92. The van der Waals surface area contributed by atoms with Gasteiger partial charge in [-0.25, -0.2) is 9.97 Å². The third kappa shape index (κ3) is 2.14. The van der Waals surface area contributed by atoms with E-state index in [1.165, 1.54) is 22.4 Å². The number of aryl methyl sites for hydroxylation is 2. The minimum absolute atomic E-state index is 0.815. The number of fused-ring (bicyclic) bond motifs is 1. The van der Waals surface area contributed by atoms with Crippen LogP contribution in [0.2, 0.25) is 0 Å². The SMILES string of the molecule is Cc1cccc(Cc2nc(C)c3c(n2)CNC3)c1. The summed E-state index contributed by atoms with van der Waals surface area (Å²) in [6, 6.07) is 8.54. The van der Waals surface area contributed by atoms with Crippen LogP contribution in [0.15, 0.2) is 24.3 Å². The van der Waals surface area contributed by atoms with Crippen molar-refractivity contribution < 1.29 is 0 Å². The lowest BCUT2D eigenvalue weighted by molar-refractivity contribution is 0.755. The summed E-state index contributed by atoms with van der Waals surface area (Å²) in [5.74, 6) is 0.931. The van der Waals surface area contributed by atoms with E-state index in [9.17, 15) is 0 Å². The number of hydrogen-bond acceptors (Lipinski definition) is 3. The van der Waals surface area contributed by atoms with E-state index in [-0.39, 0.29) is 0 Å². The zero-order valence-corrected chi connectivity index (χ0v) is 10.8. The van der Waals surface area contributed by atoms with E-state index >= 15 is 0 Å². The average molecular weight is 239 g/mol. The molecule has 0 spiro atoms. The second-order valence-corrected chi connectivity index (χ2v) is 4.92. The van der Waals surface area contributed by atoms with Crippen molar-refractivity contribution >= 4 is 0 Å². The molecule has 0 saturated carbocycles. The van der Waals surface area contributed by atoms with Crippen LogP contribution in [0.3, 0.4) is 0 Å². The smallest absolute Gasteiger partial charge is 0.133 e. The van der Waals surface area contributed by atoms with Crippen molar-refractivity contribution in [2.75, 3.05) is 0 Å². The highest BCUT2D eigenvalue weighted by Crippen LogP contribution is 2.17. The molecule has 0 bridgehead atoms. The molecular weight excluding hydrogens is 222 g/mol. The number of benzene rings is 1. The van der Waals surface area contributed by atoms with Crippen LogP contribution >= 0.6 is 0 Å². The van der Waals surface area contributed by atoms with Crippen LogP contribution in [0.1, 0.15) is 33.9 Å².